The summed E-state index contributed by atoms with van der Waals surface area (Å²) in [6, 6.07) is 15.0. The van der Waals surface area contributed by atoms with Crippen LogP contribution in [0.4, 0.5) is 27.5 Å². The molecule has 0 aliphatic rings. The predicted molar refractivity (Wildman–Crippen MR) is 119 cm³/mol. The van der Waals surface area contributed by atoms with E-state index in [-0.39, 0.29) is 18.4 Å². The molecule has 2 aromatic carbocycles. The lowest BCUT2D eigenvalue weighted by Gasteiger charge is -2.11. The zero-order chi connectivity index (χ0) is 21.3. The van der Waals surface area contributed by atoms with Gasteiger partial charge in [-0.15, -0.1) is 6.42 Å². The van der Waals surface area contributed by atoms with E-state index in [1.807, 2.05) is 36.4 Å². The molecule has 6 heteroatoms. The van der Waals surface area contributed by atoms with Crippen molar-refractivity contribution in [1.29, 1.82) is 0 Å². The first-order chi connectivity index (χ1) is 14.5. The van der Waals surface area contributed by atoms with Crippen molar-refractivity contribution in [2.75, 3.05) is 17.2 Å². The van der Waals surface area contributed by atoms with Crippen LogP contribution in [0.25, 0.3) is 0 Å². The maximum Gasteiger partial charge on any atom is 0.229 e. The van der Waals surface area contributed by atoms with Crippen LogP contribution in [0.3, 0.4) is 0 Å². The number of ether oxygens (including phenoxy) is 1. The molecule has 1 heterocycles. The fourth-order valence-corrected chi connectivity index (χ4v) is 2.67. The summed E-state index contributed by atoms with van der Waals surface area (Å²) in [4.78, 5) is 8.28. The van der Waals surface area contributed by atoms with Crippen LogP contribution in [0.5, 0.6) is 5.75 Å². The number of aromatic nitrogens is 2. The molecule has 0 saturated carbocycles. The van der Waals surface area contributed by atoms with Crippen LogP contribution in [0.15, 0.2) is 66.4 Å². The first-order valence-electron chi connectivity index (χ1n) is 9.48. The summed E-state index contributed by atoms with van der Waals surface area (Å²) in [5, 5.41) is 6.08. The minimum absolute atomic E-state index is 0.0894. The molecule has 0 spiro atoms. The van der Waals surface area contributed by atoms with Gasteiger partial charge in [-0.2, -0.15) is 4.98 Å². The average molecular weight is 402 g/mol. The molecule has 1 aromatic heterocycles. The Morgan fingerprint density at radius 3 is 2.67 bits per heavy atom. The van der Waals surface area contributed by atoms with Crippen molar-refractivity contribution in [2.24, 2.45) is 0 Å². The van der Waals surface area contributed by atoms with E-state index in [1.165, 1.54) is 5.57 Å². The molecule has 0 unspecified atom stereocenters. The standard InChI is InChI=1S/C24H23FN4O/c1-4-13-30-21-10-6-9-20(15-21)28-24-26-16-22(25)23(29-24)27-19-8-5-7-18(14-19)12-11-17(2)3/h1,5-11,14-16H,12-13H2,2-3H3,(H2,26,27,28,29). The van der Waals surface area contributed by atoms with Crippen molar-refractivity contribution >= 4 is 23.1 Å². The number of hydrogen-bond donors (Lipinski definition) is 2. The molecule has 30 heavy (non-hydrogen) atoms. The van der Waals surface area contributed by atoms with E-state index < -0.39 is 5.82 Å². The monoisotopic (exact) mass is 402 g/mol. The molecule has 3 rings (SSSR count). The number of hydrogen-bond acceptors (Lipinski definition) is 5. The summed E-state index contributed by atoms with van der Waals surface area (Å²) < 4.78 is 19.7. The van der Waals surface area contributed by atoms with Gasteiger partial charge in [0.15, 0.2) is 11.6 Å². The molecule has 0 saturated heterocycles. The predicted octanol–water partition coefficient (Wildman–Crippen LogP) is 5.62. The van der Waals surface area contributed by atoms with Gasteiger partial charge >= 0.3 is 0 Å². The van der Waals surface area contributed by atoms with Gasteiger partial charge in [0.1, 0.15) is 12.4 Å². The largest absolute Gasteiger partial charge is 0.481 e. The highest BCUT2D eigenvalue weighted by Gasteiger charge is 2.09. The molecule has 2 N–H and O–H groups in total. The Morgan fingerprint density at radius 1 is 1.13 bits per heavy atom. The lowest BCUT2D eigenvalue weighted by atomic mass is 10.1. The SMILES string of the molecule is C#CCOc1cccc(Nc2ncc(F)c(Nc3cccc(CC=C(C)C)c3)n2)c1. The van der Waals surface area contributed by atoms with Crippen molar-refractivity contribution in [3.8, 4) is 18.1 Å². The third-order valence-electron chi connectivity index (χ3n) is 4.09. The van der Waals surface area contributed by atoms with E-state index in [0.717, 1.165) is 23.9 Å². The Balaban J connectivity index is 1.75. The van der Waals surface area contributed by atoms with Crippen LogP contribution in [0.1, 0.15) is 19.4 Å². The summed E-state index contributed by atoms with van der Waals surface area (Å²) in [5.41, 5.74) is 3.83. The summed E-state index contributed by atoms with van der Waals surface area (Å²) in [6.45, 7) is 4.30. The molecule has 0 amide bonds. The Kier molecular flexibility index (Phi) is 7.01. The minimum Gasteiger partial charge on any atom is -0.481 e. The van der Waals surface area contributed by atoms with Gasteiger partial charge in [0, 0.05) is 17.4 Å². The number of rotatable bonds is 8. The van der Waals surface area contributed by atoms with Crippen molar-refractivity contribution in [3.05, 3.63) is 77.8 Å². The number of terminal acetylenes is 1. The van der Waals surface area contributed by atoms with Gasteiger partial charge < -0.3 is 15.4 Å². The van der Waals surface area contributed by atoms with Crippen LogP contribution < -0.4 is 15.4 Å². The highest BCUT2D eigenvalue weighted by atomic mass is 19.1. The van der Waals surface area contributed by atoms with Gasteiger partial charge in [0.05, 0.1) is 6.20 Å². The van der Waals surface area contributed by atoms with Gasteiger partial charge in [0.2, 0.25) is 5.95 Å². The minimum atomic E-state index is -0.540. The van der Waals surface area contributed by atoms with Gasteiger partial charge in [0.25, 0.3) is 0 Å². The molecular formula is C24H23FN4O. The quantitative estimate of drug-likeness (QED) is 0.378. The lowest BCUT2D eigenvalue weighted by Crippen LogP contribution is -2.03. The van der Waals surface area contributed by atoms with E-state index in [9.17, 15) is 4.39 Å². The molecule has 0 aliphatic carbocycles. The summed E-state index contributed by atoms with van der Waals surface area (Å²) in [6.07, 6.45) is 9.30. The van der Waals surface area contributed by atoms with Crippen LogP contribution in [-0.4, -0.2) is 16.6 Å². The van der Waals surface area contributed by atoms with E-state index >= 15 is 0 Å². The first-order valence-corrected chi connectivity index (χ1v) is 9.48. The highest BCUT2D eigenvalue weighted by Crippen LogP contribution is 2.23. The number of nitrogens with zero attached hydrogens (tertiary/aromatic N) is 2. The number of nitrogens with one attached hydrogen (secondary N) is 2. The van der Waals surface area contributed by atoms with Crippen molar-refractivity contribution < 1.29 is 9.13 Å². The normalized spacial score (nSPS) is 10.1. The second-order valence-electron chi connectivity index (χ2n) is 6.85. The lowest BCUT2D eigenvalue weighted by molar-refractivity contribution is 0.370. The first kappa shape index (κ1) is 20.9. The van der Waals surface area contributed by atoms with Crippen LogP contribution >= 0.6 is 0 Å². The number of allylic oxidation sites excluding steroid dienone is 2. The average Bonchev–Trinajstić information content (AvgIpc) is 2.74. The van der Waals surface area contributed by atoms with Crippen molar-refractivity contribution in [1.82, 2.24) is 9.97 Å². The van der Waals surface area contributed by atoms with Gasteiger partial charge in [-0.05, 0) is 50.1 Å². The van der Waals surface area contributed by atoms with E-state index in [4.69, 9.17) is 11.2 Å². The van der Waals surface area contributed by atoms with Crippen LogP contribution in [0, 0.1) is 18.2 Å². The molecule has 152 valence electrons. The fraction of sp³-hybridized carbons (Fsp3) is 0.167. The molecule has 0 atom stereocenters. The second kappa shape index (κ2) is 10.1. The molecular weight excluding hydrogens is 379 g/mol. The molecule has 3 aromatic rings. The Labute approximate surface area is 176 Å². The van der Waals surface area contributed by atoms with Gasteiger partial charge in [-0.1, -0.05) is 35.8 Å². The summed E-state index contributed by atoms with van der Waals surface area (Å²) in [5.74, 6) is 2.84. The maximum absolute atomic E-state index is 14.3. The van der Waals surface area contributed by atoms with E-state index in [0.29, 0.717) is 11.4 Å². The Morgan fingerprint density at radius 2 is 1.90 bits per heavy atom. The molecule has 0 aliphatic heterocycles. The van der Waals surface area contributed by atoms with E-state index in [1.54, 1.807) is 12.1 Å². The summed E-state index contributed by atoms with van der Waals surface area (Å²) >= 11 is 0. The van der Waals surface area contributed by atoms with Crippen molar-refractivity contribution in [3.63, 3.8) is 0 Å². The zero-order valence-corrected chi connectivity index (χ0v) is 16.9. The molecule has 0 fully saturated rings. The Hall–Kier alpha value is -3.85. The van der Waals surface area contributed by atoms with Crippen molar-refractivity contribution in [2.45, 2.75) is 20.3 Å². The maximum atomic E-state index is 14.3. The second-order valence-corrected chi connectivity index (χ2v) is 6.85. The van der Waals surface area contributed by atoms with E-state index in [2.05, 4.69) is 46.4 Å². The topological polar surface area (TPSA) is 59.1 Å². The molecule has 5 nitrogen and oxygen atoms in total. The highest BCUT2D eigenvalue weighted by molar-refractivity contribution is 5.61. The number of benzene rings is 2. The zero-order valence-electron chi connectivity index (χ0n) is 16.9. The Bertz CT molecular complexity index is 1080. The third-order valence-corrected chi connectivity index (χ3v) is 4.09. The van der Waals surface area contributed by atoms with Crippen LogP contribution in [-0.2, 0) is 6.42 Å². The number of anilines is 4. The van der Waals surface area contributed by atoms with Crippen LogP contribution in [0.2, 0.25) is 0 Å². The fourth-order valence-electron chi connectivity index (χ4n) is 2.67. The molecule has 0 bridgehead atoms. The smallest absolute Gasteiger partial charge is 0.229 e. The third kappa shape index (κ3) is 6.08. The summed E-state index contributed by atoms with van der Waals surface area (Å²) in [7, 11) is 0. The molecule has 0 radical (unpaired) electrons. The number of halogens is 1. The van der Waals surface area contributed by atoms with Gasteiger partial charge in [-0.25, -0.2) is 9.37 Å². The van der Waals surface area contributed by atoms with Gasteiger partial charge in [-0.3, -0.25) is 0 Å².